The molecule has 1 amide bonds. The minimum atomic E-state index is -5.95. The van der Waals surface area contributed by atoms with Gasteiger partial charge >= 0.3 is 18.0 Å². The van der Waals surface area contributed by atoms with E-state index in [1.54, 1.807) is 5.32 Å². The Kier molecular flexibility index (Phi) is 4.02. The van der Waals surface area contributed by atoms with Crippen molar-refractivity contribution in [2.75, 3.05) is 0 Å². The molecule has 0 bridgehead atoms. The van der Waals surface area contributed by atoms with Gasteiger partial charge in [-0.25, -0.2) is 0 Å². The number of aromatic hydroxyl groups is 1. The maximum Gasteiger partial charge on any atom is 0.463 e. The number of alkyl halides is 5. The van der Waals surface area contributed by atoms with Gasteiger partial charge < -0.3 is 10.4 Å². The lowest BCUT2D eigenvalue weighted by Crippen LogP contribution is -2.50. The smallest absolute Gasteiger partial charge is 0.463 e. The van der Waals surface area contributed by atoms with Gasteiger partial charge in [0.25, 0.3) is 0 Å². The molecule has 0 spiro atoms. The van der Waals surface area contributed by atoms with Crippen molar-refractivity contribution < 1.29 is 31.9 Å². The van der Waals surface area contributed by atoms with Crippen molar-refractivity contribution in [2.45, 2.75) is 25.1 Å². The van der Waals surface area contributed by atoms with Crippen LogP contribution in [0.1, 0.15) is 18.5 Å². The summed E-state index contributed by atoms with van der Waals surface area (Å²) in [6.45, 7) is 1.22. The molecule has 106 valence electrons. The largest absolute Gasteiger partial charge is 0.508 e. The minimum Gasteiger partial charge on any atom is -0.508 e. The maximum atomic E-state index is 12.7. The minimum absolute atomic E-state index is 0.193. The van der Waals surface area contributed by atoms with Gasteiger partial charge in [-0.05, 0) is 24.6 Å². The molecule has 0 radical (unpaired) electrons. The quantitative estimate of drug-likeness (QED) is 0.838. The van der Waals surface area contributed by atoms with Gasteiger partial charge in [0, 0.05) is 0 Å². The fraction of sp³-hybridized carbons (Fsp3) is 0.364. The van der Waals surface area contributed by atoms with E-state index < -0.39 is 24.0 Å². The molecule has 0 aromatic heterocycles. The zero-order valence-corrected chi connectivity index (χ0v) is 9.63. The fourth-order valence-electron chi connectivity index (χ4n) is 1.29. The van der Waals surface area contributed by atoms with Crippen LogP contribution in [0.4, 0.5) is 22.0 Å². The Hall–Kier alpha value is -1.86. The van der Waals surface area contributed by atoms with Crippen molar-refractivity contribution in [1.29, 1.82) is 0 Å². The van der Waals surface area contributed by atoms with Crippen molar-refractivity contribution >= 4 is 5.91 Å². The molecule has 0 saturated carbocycles. The van der Waals surface area contributed by atoms with E-state index in [1.165, 1.54) is 25.1 Å². The van der Waals surface area contributed by atoms with E-state index in [9.17, 15) is 26.7 Å². The third-order valence-electron chi connectivity index (χ3n) is 2.36. The summed E-state index contributed by atoms with van der Waals surface area (Å²) in [5.41, 5.74) is 0.200. The fourth-order valence-corrected chi connectivity index (χ4v) is 1.29. The Bertz CT molecular complexity index is 472. The molecule has 0 aliphatic rings. The van der Waals surface area contributed by atoms with Gasteiger partial charge in [0.2, 0.25) is 0 Å². The van der Waals surface area contributed by atoms with Crippen LogP contribution in [0.15, 0.2) is 24.3 Å². The lowest BCUT2D eigenvalue weighted by atomic mass is 10.1. The summed E-state index contributed by atoms with van der Waals surface area (Å²) in [5.74, 6) is -8.09. The van der Waals surface area contributed by atoms with Gasteiger partial charge in [-0.15, -0.1) is 0 Å². The summed E-state index contributed by atoms with van der Waals surface area (Å²) in [4.78, 5) is 10.9. The Labute approximate surface area is 105 Å². The number of nitrogens with one attached hydrogen (secondary N) is 1. The summed E-state index contributed by atoms with van der Waals surface area (Å²) >= 11 is 0. The number of halogens is 5. The van der Waals surface area contributed by atoms with Crippen LogP contribution >= 0.6 is 0 Å². The third kappa shape index (κ3) is 3.33. The molecule has 0 aliphatic heterocycles. The molecule has 1 aromatic rings. The van der Waals surface area contributed by atoms with Crippen molar-refractivity contribution in [1.82, 2.24) is 5.32 Å². The predicted octanol–water partition coefficient (Wildman–Crippen LogP) is 2.77. The lowest BCUT2D eigenvalue weighted by molar-refractivity contribution is -0.270. The summed E-state index contributed by atoms with van der Waals surface area (Å²) in [6, 6.07) is 4.08. The Morgan fingerprint density at radius 2 is 1.84 bits per heavy atom. The van der Waals surface area contributed by atoms with E-state index in [0.29, 0.717) is 0 Å². The van der Waals surface area contributed by atoms with Crippen LogP contribution in [0.5, 0.6) is 5.75 Å². The second-order valence-corrected chi connectivity index (χ2v) is 3.86. The third-order valence-corrected chi connectivity index (χ3v) is 2.36. The first-order valence-electron chi connectivity index (χ1n) is 5.10. The summed E-state index contributed by atoms with van der Waals surface area (Å²) in [7, 11) is 0. The molecule has 3 nitrogen and oxygen atoms in total. The highest BCUT2D eigenvalue weighted by molar-refractivity contribution is 5.84. The van der Waals surface area contributed by atoms with Gasteiger partial charge in [0.1, 0.15) is 5.75 Å². The molecule has 1 rings (SSSR count). The average molecular weight is 283 g/mol. The van der Waals surface area contributed by atoms with E-state index in [2.05, 4.69) is 0 Å². The molecule has 0 fully saturated rings. The molecule has 19 heavy (non-hydrogen) atoms. The monoisotopic (exact) mass is 283 g/mol. The lowest BCUT2D eigenvalue weighted by Gasteiger charge is -2.21. The van der Waals surface area contributed by atoms with Crippen LogP contribution in [0.2, 0.25) is 0 Å². The second kappa shape index (κ2) is 5.02. The average Bonchev–Trinajstić information content (AvgIpc) is 2.27. The first-order chi connectivity index (χ1) is 8.55. The van der Waals surface area contributed by atoms with Crippen LogP contribution in [0, 0.1) is 0 Å². The molecule has 1 aromatic carbocycles. The van der Waals surface area contributed by atoms with Gasteiger partial charge in [-0.3, -0.25) is 4.79 Å². The van der Waals surface area contributed by atoms with Gasteiger partial charge in [-0.2, -0.15) is 22.0 Å². The molecular weight excluding hydrogens is 273 g/mol. The molecule has 0 aliphatic carbocycles. The molecular formula is C11H10F5NO2. The van der Waals surface area contributed by atoms with E-state index in [4.69, 9.17) is 5.11 Å². The number of hydrogen-bond donors (Lipinski definition) is 2. The van der Waals surface area contributed by atoms with Crippen LogP contribution in [-0.4, -0.2) is 23.1 Å². The van der Waals surface area contributed by atoms with E-state index in [0.717, 1.165) is 6.07 Å². The second-order valence-electron chi connectivity index (χ2n) is 3.86. The summed E-state index contributed by atoms with van der Waals surface area (Å²) in [6.07, 6.45) is -5.95. The summed E-state index contributed by atoms with van der Waals surface area (Å²) < 4.78 is 61.2. The molecule has 0 saturated heterocycles. The maximum absolute atomic E-state index is 12.7. The Morgan fingerprint density at radius 3 is 2.32 bits per heavy atom. The number of phenolic OH excluding ortho intramolecular Hbond substituents is 1. The van der Waals surface area contributed by atoms with E-state index >= 15 is 0 Å². The topological polar surface area (TPSA) is 49.3 Å². The zero-order valence-electron chi connectivity index (χ0n) is 9.63. The van der Waals surface area contributed by atoms with Gasteiger partial charge in [0.05, 0.1) is 6.04 Å². The number of carbonyl (C=O) groups is 1. The number of phenols is 1. The number of carbonyl (C=O) groups excluding carboxylic acids is 1. The van der Waals surface area contributed by atoms with E-state index in [1.807, 2.05) is 0 Å². The van der Waals surface area contributed by atoms with Crippen molar-refractivity contribution in [3.8, 4) is 5.75 Å². The highest BCUT2D eigenvalue weighted by Crippen LogP contribution is 2.36. The molecule has 2 N–H and O–H groups in total. The first kappa shape index (κ1) is 15.2. The Balaban J connectivity index is 2.83. The van der Waals surface area contributed by atoms with Gasteiger partial charge in [-0.1, -0.05) is 12.1 Å². The molecule has 0 heterocycles. The number of hydrogen-bond acceptors (Lipinski definition) is 2. The van der Waals surface area contributed by atoms with Crippen LogP contribution in [-0.2, 0) is 4.79 Å². The normalized spacial score (nSPS) is 14.0. The SMILES string of the molecule is CC(NC(=O)C(F)(F)C(F)(F)F)c1cccc(O)c1. The van der Waals surface area contributed by atoms with Crippen LogP contribution < -0.4 is 5.32 Å². The number of amides is 1. The van der Waals surface area contributed by atoms with Gasteiger partial charge in [0.15, 0.2) is 0 Å². The van der Waals surface area contributed by atoms with Crippen molar-refractivity contribution in [3.05, 3.63) is 29.8 Å². The van der Waals surface area contributed by atoms with Crippen LogP contribution in [0.3, 0.4) is 0 Å². The van der Waals surface area contributed by atoms with Crippen LogP contribution in [0.25, 0.3) is 0 Å². The summed E-state index contributed by atoms with van der Waals surface area (Å²) in [5, 5.41) is 10.7. The molecule has 1 unspecified atom stereocenters. The van der Waals surface area contributed by atoms with Crippen molar-refractivity contribution in [2.24, 2.45) is 0 Å². The Morgan fingerprint density at radius 1 is 1.26 bits per heavy atom. The zero-order chi connectivity index (χ0) is 14.8. The number of rotatable bonds is 3. The van der Waals surface area contributed by atoms with E-state index in [-0.39, 0.29) is 11.3 Å². The predicted molar refractivity (Wildman–Crippen MR) is 55.7 cm³/mol. The first-order valence-corrected chi connectivity index (χ1v) is 5.10. The standard InChI is InChI=1S/C11H10F5NO2/c1-6(7-3-2-4-8(18)5-7)17-9(19)10(12,13)11(14,15)16/h2-6,18H,1H3,(H,17,19). The van der Waals surface area contributed by atoms with Crippen molar-refractivity contribution in [3.63, 3.8) is 0 Å². The molecule has 8 heteroatoms. The highest BCUT2D eigenvalue weighted by atomic mass is 19.4. The number of benzene rings is 1. The highest BCUT2D eigenvalue weighted by Gasteiger charge is 2.63. The molecule has 1 atom stereocenters.